The van der Waals surface area contributed by atoms with Crippen LogP contribution in [0.2, 0.25) is 0 Å². The lowest BCUT2D eigenvalue weighted by molar-refractivity contribution is -0.179. The standard InChI is InChI=1S/C11H19N2O4/c1-3-7(13-12-2)4-8-5-9(15)11(16)10(6-14)17-8/h3,8-11,14-16H,2,4-6H2,1H3/q+1/b7-3-/t8-,9+,10+,11+/m0/s1. The molecule has 6 nitrogen and oxygen atoms in total. The molecule has 0 aromatic heterocycles. The van der Waals surface area contributed by atoms with Gasteiger partial charge in [-0.25, -0.2) is 0 Å². The second kappa shape index (κ2) is 6.64. The van der Waals surface area contributed by atoms with Gasteiger partial charge >= 0.3 is 0 Å². The fraction of sp³-hybridized carbons (Fsp3) is 0.727. The molecule has 1 aliphatic heterocycles. The molecule has 1 heterocycles. The van der Waals surface area contributed by atoms with Crippen molar-refractivity contribution in [2.24, 2.45) is 5.11 Å². The largest absolute Gasteiger partial charge is 0.394 e. The van der Waals surface area contributed by atoms with Crippen LogP contribution in [0, 0.1) is 0 Å². The maximum Gasteiger partial charge on any atom is 0.296 e. The summed E-state index contributed by atoms with van der Waals surface area (Å²) >= 11 is 0. The summed E-state index contributed by atoms with van der Waals surface area (Å²) in [5, 5.41) is 32.0. The van der Waals surface area contributed by atoms with E-state index in [0.717, 1.165) is 0 Å². The van der Waals surface area contributed by atoms with Crippen LogP contribution in [-0.4, -0.2) is 57.8 Å². The van der Waals surface area contributed by atoms with E-state index in [4.69, 9.17) is 9.84 Å². The average molecular weight is 243 g/mol. The molecule has 4 atom stereocenters. The highest BCUT2D eigenvalue weighted by molar-refractivity contribution is 5.12. The van der Waals surface area contributed by atoms with Gasteiger partial charge in [0.1, 0.15) is 23.0 Å². The quantitative estimate of drug-likeness (QED) is 0.353. The predicted octanol–water partition coefficient (Wildman–Crippen LogP) is -0.487. The molecule has 0 aromatic rings. The molecule has 0 bridgehead atoms. The molecule has 0 aliphatic carbocycles. The number of aliphatic hydroxyl groups excluding tert-OH is 3. The van der Waals surface area contributed by atoms with Crippen molar-refractivity contribution in [3.63, 3.8) is 0 Å². The first kappa shape index (κ1) is 14.0. The highest BCUT2D eigenvalue weighted by Gasteiger charge is 2.36. The third kappa shape index (κ3) is 3.73. The lowest BCUT2D eigenvalue weighted by atomic mass is 9.96. The predicted molar refractivity (Wildman–Crippen MR) is 60.6 cm³/mol. The summed E-state index contributed by atoms with van der Waals surface area (Å²) in [6.45, 7) is 4.77. The van der Waals surface area contributed by atoms with E-state index in [-0.39, 0.29) is 12.7 Å². The van der Waals surface area contributed by atoms with Crippen molar-refractivity contribution in [3.05, 3.63) is 11.8 Å². The Morgan fingerprint density at radius 1 is 1.59 bits per heavy atom. The lowest BCUT2D eigenvalue weighted by Crippen LogP contribution is -2.49. The van der Waals surface area contributed by atoms with E-state index >= 15 is 0 Å². The fourth-order valence-corrected chi connectivity index (χ4v) is 1.86. The van der Waals surface area contributed by atoms with E-state index in [9.17, 15) is 10.2 Å². The Hall–Kier alpha value is -1.04. The van der Waals surface area contributed by atoms with Crippen LogP contribution in [0.5, 0.6) is 0 Å². The van der Waals surface area contributed by atoms with Gasteiger partial charge in [-0.2, -0.15) is 0 Å². The van der Waals surface area contributed by atoms with Crippen molar-refractivity contribution in [1.82, 2.24) is 0 Å². The first-order valence-electron chi connectivity index (χ1n) is 5.56. The molecule has 1 aliphatic rings. The summed E-state index contributed by atoms with van der Waals surface area (Å²) in [5.41, 5.74) is 0.699. The Kier molecular flexibility index (Phi) is 5.47. The van der Waals surface area contributed by atoms with Gasteiger partial charge in [-0.05, 0) is 6.92 Å². The third-order valence-corrected chi connectivity index (χ3v) is 2.80. The fourth-order valence-electron chi connectivity index (χ4n) is 1.86. The Morgan fingerprint density at radius 3 is 2.82 bits per heavy atom. The average Bonchev–Trinajstić information content (AvgIpc) is 2.32. The van der Waals surface area contributed by atoms with E-state index in [1.165, 1.54) is 0 Å². The van der Waals surface area contributed by atoms with Crippen molar-refractivity contribution in [2.75, 3.05) is 6.61 Å². The number of ether oxygens (including phenoxy) is 1. The van der Waals surface area contributed by atoms with Gasteiger partial charge < -0.3 is 20.1 Å². The smallest absolute Gasteiger partial charge is 0.296 e. The van der Waals surface area contributed by atoms with E-state index in [1.54, 1.807) is 6.08 Å². The normalized spacial score (nSPS) is 34.2. The number of rotatable bonds is 4. The lowest BCUT2D eigenvalue weighted by Gasteiger charge is -2.36. The van der Waals surface area contributed by atoms with Crippen LogP contribution < -0.4 is 0 Å². The van der Waals surface area contributed by atoms with Crippen molar-refractivity contribution in [1.29, 1.82) is 0 Å². The molecule has 0 spiro atoms. The van der Waals surface area contributed by atoms with Gasteiger partial charge in [0.05, 0.1) is 18.8 Å². The Morgan fingerprint density at radius 2 is 2.29 bits per heavy atom. The first-order chi connectivity index (χ1) is 8.12. The van der Waals surface area contributed by atoms with E-state index in [0.29, 0.717) is 18.5 Å². The summed E-state index contributed by atoms with van der Waals surface area (Å²) in [6, 6.07) is 0. The number of hydrogen-bond acceptors (Lipinski definition) is 5. The van der Waals surface area contributed by atoms with Crippen molar-refractivity contribution in [3.8, 4) is 0 Å². The molecule has 0 amide bonds. The Balaban J connectivity index is 2.64. The maximum absolute atomic E-state index is 9.64. The van der Waals surface area contributed by atoms with E-state index in [2.05, 4.69) is 16.6 Å². The molecule has 1 fully saturated rings. The van der Waals surface area contributed by atoms with Crippen molar-refractivity contribution >= 4 is 6.72 Å². The highest BCUT2D eigenvalue weighted by Crippen LogP contribution is 2.24. The molecule has 96 valence electrons. The first-order valence-corrected chi connectivity index (χ1v) is 5.56. The molecular formula is C11H19N2O4+. The summed E-state index contributed by atoms with van der Waals surface area (Å²) in [7, 11) is 0. The Labute approximate surface area is 100.0 Å². The molecule has 17 heavy (non-hydrogen) atoms. The molecule has 1 saturated heterocycles. The SMILES string of the molecule is C=[N+]=N/C(=C\C)C[C@H]1C[C@@H](O)[C@@H](O)[C@@H](CO)O1. The van der Waals surface area contributed by atoms with Gasteiger partial charge in [0, 0.05) is 17.6 Å². The zero-order valence-corrected chi connectivity index (χ0v) is 9.86. The van der Waals surface area contributed by atoms with Crippen LogP contribution in [0.3, 0.4) is 0 Å². The zero-order chi connectivity index (χ0) is 12.8. The number of aliphatic hydroxyl groups is 3. The van der Waals surface area contributed by atoms with Gasteiger partial charge in [0.2, 0.25) is 0 Å². The summed E-state index contributed by atoms with van der Waals surface area (Å²) in [6.07, 6.45) is -0.415. The van der Waals surface area contributed by atoms with Gasteiger partial charge in [-0.3, -0.25) is 0 Å². The summed E-state index contributed by atoms with van der Waals surface area (Å²) < 4.78 is 5.47. The van der Waals surface area contributed by atoms with Crippen molar-refractivity contribution in [2.45, 2.75) is 44.2 Å². The van der Waals surface area contributed by atoms with Gasteiger partial charge in [-0.1, -0.05) is 6.08 Å². The zero-order valence-electron chi connectivity index (χ0n) is 9.86. The molecule has 6 heteroatoms. The van der Waals surface area contributed by atoms with E-state index < -0.39 is 18.3 Å². The molecular weight excluding hydrogens is 224 g/mol. The van der Waals surface area contributed by atoms with Crippen LogP contribution in [-0.2, 0) is 4.74 Å². The minimum atomic E-state index is -1.04. The molecule has 0 aromatic carbocycles. The van der Waals surface area contributed by atoms with Crippen LogP contribution in [0.4, 0.5) is 0 Å². The molecule has 3 N–H and O–H groups in total. The van der Waals surface area contributed by atoms with Crippen LogP contribution in [0.15, 0.2) is 16.9 Å². The molecule has 0 unspecified atom stereocenters. The summed E-state index contributed by atoms with van der Waals surface area (Å²) in [5.74, 6) is 0. The minimum absolute atomic E-state index is 0.290. The van der Waals surface area contributed by atoms with Gasteiger partial charge in [0.15, 0.2) is 0 Å². The molecule has 0 saturated carbocycles. The Bertz CT molecular complexity index is 325. The van der Waals surface area contributed by atoms with Crippen LogP contribution in [0.1, 0.15) is 19.8 Å². The second-order valence-electron chi connectivity index (χ2n) is 4.00. The minimum Gasteiger partial charge on any atom is -0.394 e. The number of nitrogens with zero attached hydrogens (tertiary/aromatic N) is 2. The van der Waals surface area contributed by atoms with Crippen LogP contribution in [0.25, 0.3) is 0 Å². The topological polar surface area (TPSA) is 96.4 Å². The second-order valence-corrected chi connectivity index (χ2v) is 4.00. The van der Waals surface area contributed by atoms with E-state index in [1.807, 2.05) is 6.92 Å². The van der Waals surface area contributed by atoms with Crippen LogP contribution >= 0.6 is 0 Å². The molecule has 1 rings (SSSR count). The monoisotopic (exact) mass is 243 g/mol. The van der Waals surface area contributed by atoms with Crippen molar-refractivity contribution < 1.29 is 24.8 Å². The van der Waals surface area contributed by atoms with Gasteiger partial charge in [0.25, 0.3) is 6.72 Å². The maximum atomic E-state index is 9.64. The van der Waals surface area contributed by atoms with Gasteiger partial charge in [-0.15, -0.1) is 0 Å². The highest BCUT2D eigenvalue weighted by atomic mass is 16.5. The third-order valence-electron chi connectivity index (χ3n) is 2.80. The number of allylic oxidation sites excluding steroid dienone is 1. The summed E-state index contributed by atoms with van der Waals surface area (Å²) in [4.78, 5) is 3.44. The number of hydrogen-bond donors (Lipinski definition) is 3. The molecule has 0 radical (unpaired) electrons.